The molecule has 0 aliphatic carbocycles. The number of nitrogens with one attached hydrogen (secondary N) is 2. The SMILES string of the molecule is CC1CCN(c2ccc(-c3ccc(NC(=O)Nc4ccc(F)c(Cl)c4)cc3)nn2)CC1. The number of amides is 2. The summed E-state index contributed by atoms with van der Waals surface area (Å²) in [6.07, 6.45) is 2.36. The van der Waals surface area contributed by atoms with Crippen LogP contribution in [0.4, 0.5) is 26.4 Å². The minimum atomic E-state index is -0.537. The Balaban J connectivity index is 1.36. The summed E-state index contributed by atoms with van der Waals surface area (Å²) in [6.45, 7) is 4.32. The molecule has 8 heteroatoms. The van der Waals surface area contributed by atoms with Gasteiger partial charge in [-0.05, 0) is 61.2 Å². The van der Waals surface area contributed by atoms with E-state index in [9.17, 15) is 9.18 Å². The number of carbonyl (C=O) groups is 1. The fraction of sp³-hybridized carbons (Fsp3) is 0.261. The van der Waals surface area contributed by atoms with Gasteiger partial charge in [-0.15, -0.1) is 10.2 Å². The van der Waals surface area contributed by atoms with Crippen LogP contribution >= 0.6 is 11.6 Å². The van der Waals surface area contributed by atoms with Crippen molar-refractivity contribution in [3.05, 3.63) is 65.4 Å². The fourth-order valence-electron chi connectivity index (χ4n) is 3.48. The van der Waals surface area contributed by atoms with Gasteiger partial charge in [0.2, 0.25) is 0 Å². The van der Waals surface area contributed by atoms with Crippen molar-refractivity contribution in [3.63, 3.8) is 0 Å². The van der Waals surface area contributed by atoms with E-state index in [4.69, 9.17) is 11.6 Å². The molecule has 0 unspecified atom stereocenters. The molecule has 0 saturated carbocycles. The van der Waals surface area contributed by atoms with Gasteiger partial charge in [-0.2, -0.15) is 0 Å². The third-order valence-electron chi connectivity index (χ3n) is 5.37. The van der Waals surface area contributed by atoms with Crippen LogP contribution in [0.2, 0.25) is 5.02 Å². The van der Waals surface area contributed by atoms with Gasteiger partial charge in [0.1, 0.15) is 5.82 Å². The van der Waals surface area contributed by atoms with E-state index in [2.05, 4.69) is 32.7 Å². The molecule has 1 fully saturated rings. The Labute approximate surface area is 185 Å². The van der Waals surface area contributed by atoms with E-state index in [0.29, 0.717) is 11.4 Å². The summed E-state index contributed by atoms with van der Waals surface area (Å²) >= 11 is 5.73. The molecule has 160 valence electrons. The van der Waals surface area contributed by atoms with Gasteiger partial charge in [0, 0.05) is 30.0 Å². The molecular weight excluding hydrogens is 417 g/mol. The van der Waals surface area contributed by atoms with Gasteiger partial charge in [0.15, 0.2) is 5.82 Å². The van der Waals surface area contributed by atoms with Crippen molar-refractivity contribution in [2.24, 2.45) is 5.92 Å². The quantitative estimate of drug-likeness (QED) is 0.537. The lowest BCUT2D eigenvalue weighted by atomic mass is 9.99. The Morgan fingerprint density at radius 3 is 2.32 bits per heavy atom. The van der Waals surface area contributed by atoms with Crippen molar-refractivity contribution < 1.29 is 9.18 Å². The normalized spacial score (nSPS) is 14.4. The molecule has 2 amide bonds. The van der Waals surface area contributed by atoms with Crippen molar-refractivity contribution in [1.82, 2.24) is 10.2 Å². The van der Waals surface area contributed by atoms with Crippen LogP contribution in [-0.2, 0) is 0 Å². The maximum atomic E-state index is 13.2. The van der Waals surface area contributed by atoms with Crippen molar-refractivity contribution >= 4 is 34.8 Å². The van der Waals surface area contributed by atoms with Crippen molar-refractivity contribution in [2.75, 3.05) is 28.6 Å². The van der Waals surface area contributed by atoms with E-state index in [1.165, 1.54) is 31.0 Å². The molecule has 6 nitrogen and oxygen atoms in total. The number of hydrogen-bond acceptors (Lipinski definition) is 4. The molecule has 3 aromatic rings. The molecule has 1 aromatic heterocycles. The molecule has 1 aliphatic heterocycles. The van der Waals surface area contributed by atoms with Crippen LogP contribution in [0.5, 0.6) is 0 Å². The first-order valence-electron chi connectivity index (χ1n) is 10.2. The molecule has 2 aromatic carbocycles. The molecule has 0 spiro atoms. The standard InChI is InChI=1S/C23H23ClFN5O/c1-15-10-12-30(13-11-15)22-9-8-21(28-29-22)16-2-4-17(5-3-16)26-23(31)27-18-6-7-20(25)19(24)14-18/h2-9,14-15H,10-13H2,1H3,(H2,26,27,31). The van der Waals surface area contributed by atoms with Gasteiger partial charge in [-0.1, -0.05) is 30.7 Å². The molecule has 0 atom stereocenters. The van der Waals surface area contributed by atoms with E-state index in [0.717, 1.165) is 36.1 Å². The number of aromatic nitrogens is 2. The molecule has 0 radical (unpaired) electrons. The van der Waals surface area contributed by atoms with Gasteiger partial charge in [0.05, 0.1) is 10.7 Å². The van der Waals surface area contributed by atoms with E-state index < -0.39 is 11.8 Å². The van der Waals surface area contributed by atoms with Crippen molar-refractivity contribution in [2.45, 2.75) is 19.8 Å². The van der Waals surface area contributed by atoms with E-state index in [1.807, 2.05) is 24.3 Å². The Hall–Kier alpha value is -3.19. The van der Waals surface area contributed by atoms with Crippen LogP contribution in [0.1, 0.15) is 19.8 Å². The summed E-state index contributed by atoms with van der Waals surface area (Å²) in [6, 6.07) is 14.8. The third kappa shape index (κ3) is 5.30. The molecule has 0 bridgehead atoms. The molecule has 2 N–H and O–H groups in total. The summed E-state index contributed by atoms with van der Waals surface area (Å²) in [5.41, 5.74) is 2.69. The monoisotopic (exact) mass is 439 g/mol. The zero-order valence-electron chi connectivity index (χ0n) is 17.1. The topological polar surface area (TPSA) is 70.2 Å². The summed E-state index contributed by atoms with van der Waals surface area (Å²) in [7, 11) is 0. The number of anilines is 3. The Morgan fingerprint density at radius 1 is 1.00 bits per heavy atom. The van der Waals surface area contributed by atoms with Crippen molar-refractivity contribution in [1.29, 1.82) is 0 Å². The third-order valence-corrected chi connectivity index (χ3v) is 5.66. The van der Waals surface area contributed by atoms with Gasteiger partial charge in [0.25, 0.3) is 0 Å². The number of nitrogens with zero attached hydrogens (tertiary/aromatic N) is 3. The Kier molecular flexibility index (Phi) is 6.32. The van der Waals surface area contributed by atoms with Crippen LogP contribution in [-0.4, -0.2) is 29.3 Å². The molecule has 31 heavy (non-hydrogen) atoms. The predicted octanol–water partition coefficient (Wildman–Crippen LogP) is 5.82. The summed E-state index contributed by atoms with van der Waals surface area (Å²) in [5, 5.41) is 14.1. The lowest BCUT2D eigenvalue weighted by molar-refractivity contribution is 0.262. The number of urea groups is 1. The summed E-state index contributed by atoms with van der Waals surface area (Å²) in [4.78, 5) is 14.4. The summed E-state index contributed by atoms with van der Waals surface area (Å²) in [5.74, 6) is 1.14. The zero-order valence-corrected chi connectivity index (χ0v) is 17.9. The first-order chi connectivity index (χ1) is 15.0. The van der Waals surface area contributed by atoms with Crippen LogP contribution in [0.15, 0.2) is 54.6 Å². The highest BCUT2D eigenvalue weighted by molar-refractivity contribution is 6.31. The highest BCUT2D eigenvalue weighted by atomic mass is 35.5. The lowest BCUT2D eigenvalue weighted by Gasteiger charge is -2.30. The van der Waals surface area contributed by atoms with Gasteiger partial charge in [-0.3, -0.25) is 0 Å². The lowest BCUT2D eigenvalue weighted by Crippen LogP contribution is -2.33. The minimum absolute atomic E-state index is 0.0517. The maximum Gasteiger partial charge on any atom is 0.323 e. The van der Waals surface area contributed by atoms with Gasteiger partial charge in [-0.25, -0.2) is 9.18 Å². The number of carbonyl (C=O) groups excluding carboxylic acids is 1. The predicted molar refractivity (Wildman–Crippen MR) is 122 cm³/mol. The molecular formula is C23H23ClFN5O. The zero-order chi connectivity index (χ0) is 21.8. The maximum absolute atomic E-state index is 13.2. The van der Waals surface area contributed by atoms with Gasteiger partial charge < -0.3 is 15.5 Å². The first-order valence-corrected chi connectivity index (χ1v) is 10.6. The van der Waals surface area contributed by atoms with Gasteiger partial charge >= 0.3 is 6.03 Å². The smallest absolute Gasteiger partial charge is 0.323 e. The second kappa shape index (κ2) is 9.31. The van der Waals surface area contributed by atoms with Crippen LogP contribution in [0, 0.1) is 11.7 Å². The molecule has 1 saturated heterocycles. The molecule has 1 aliphatic rings. The van der Waals surface area contributed by atoms with Crippen LogP contribution in [0.3, 0.4) is 0 Å². The van der Waals surface area contributed by atoms with Crippen LogP contribution < -0.4 is 15.5 Å². The minimum Gasteiger partial charge on any atom is -0.355 e. The fourth-order valence-corrected chi connectivity index (χ4v) is 3.66. The number of benzene rings is 2. The van der Waals surface area contributed by atoms with E-state index in [1.54, 1.807) is 12.1 Å². The van der Waals surface area contributed by atoms with E-state index >= 15 is 0 Å². The number of rotatable bonds is 4. The average molecular weight is 440 g/mol. The van der Waals surface area contributed by atoms with Crippen LogP contribution in [0.25, 0.3) is 11.3 Å². The highest BCUT2D eigenvalue weighted by Crippen LogP contribution is 2.24. The molecule has 4 rings (SSSR count). The first kappa shape index (κ1) is 21.1. The van der Waals surface area contributed by atoms with E-state index in [-0.39, 0.29) is 5.02 Å². The Bertz CT molecular complexity index is 1050. The number of halogens is 2. The average Bonchev–Trinajstić information content (AvgIpc) is 2.77. The number of piperidine rings is 1. The largest absolute Gasteiger partial charge is 0.355 e. The summed E-state index contributed by atoms with van der Waals surface area (Å²) < 4.78 is 13.2. The highest BCUT2D eigenvalue weighted by Gasteiger charge is 2.17. The van der Waals surface area contributed by atoms with Crippen molar-refractivity contribution in [3.8, 4) is 11.3 Å². The second-order valence-corrected chi connectivity index (χ2v) is 8.14. The number of hydrogen-bond donors (Lipinski definition) is 2. The second-order valence-electron chi connectivity index (χ2n) is 7.73. The molecule has 2 heterocycles. The Morgan fingerprint density at radius 2 is 1.68 bits per heavy atom.